The summed E-state index contributed by atoms with van der Waals surface area (Å²) in [5.74, 6) is 0.589. The number of likely N-dealkylation sites (N-methyl/N-ethyl adjacent to an activating group) is 2. The summed E-state index contributed by atoms with van der Waals surface area (Å²) in [6, 6.07) is 0.278. The molecule has 5 heteroatoms. The third-order valence-corrected chi connectivity index (χ3v) is 4.32. The number of rotatable bonds is 2. The van der Waals surface area contributed by atoms with Gasteiger partial charge in [-0.05, 0) is 28.2 Å². The number of hydrogen-bond acceptors (Lipinski definition) is 4. The minimum absolute atomic E-state index is 0.139. The summed E-state index contributed by atoms with van der Waals surface area (Å²) in [5, 5.41) is 0. The van der Waals surface area contributed by atoms with Crippen LogP contribution in [0.1, 0.15) is 0 Å². The number of hydrogen-bond donors (Lipinski definition) is 0. The van der Waals surface area contributed by atoms with Gasteiger partial charge < -0.3 is 9.80 Å². The largest absolute Gasteiger partial charge is 0.304 e. The van der Waals surface area contributed by atoms with Crippen LogP contribution in [0.2, 0.25) is 0 Å². The number of nitrogens with zero attached hydrogens (tertiary/aromatic N) is 2. The zero-order valence-electron chi connectivity index (χ0n) is 8.69. The van der Waals surface area contributed by atoms with Crippen molar-refractivity contribution >= 4 is 9.84 Å². The molecule has 1 aliphatic rings. The lowest BCUT2D eigenvalue weighted by Crippen LogP contribution is -2.45. The van der Waals surface area contributed by atoms with Crippen molar-refractivity contribution in [3.05, 3.63) is 0 Å². The Morgan fingerprint density at radius 2 is 1.23 bits per heavy atom. The second-order valence-electron chi connectivity index (χ2n) is 4.14. The summed E-state index contributed by atoms with van der Waals surface area (Å²) in [5.41, 5.74) is 0. The van der Waals surface area contributed by atoms with Crippen LogP contribution in [0.3, 0.4) is 0 Å². The molecule has 1 fully saturated rings. The van der Waals surface area contributed by atoms with E-state index in [1.54, 1.807) is 0 Å². The molecule has 4 nitrogen and oxygen atoms in total. The fourth-order valence-electron chi connectivity index (χ4n) is 1.80. The van der Waals surface area contributed by atoms with Crippen LogP contribution in [0.4, 0.5) is 0 Å². The van der Waals surface area contributed by atoms with E-state index in [2.05, 4.69) is 0 Å². The highest BCUT2D eigenvalue weighted by Crippen LogP contribution is 2.19. The van der Waals surface area contributed by atoms with Crippen molar-refractivity contribution in [3.63, 3.8) is 0 Å². The third-order valence-electron chi connectivity index (χ3n) is 2.62. The molecule has 0 spiro atoms. The lowest BCUT2D eigenvalue weighted by Gasteiger charge is -2.29. The van der Waals surface area contributed by atoms with E-state index in [0.717, 1.165) is 0 Å². The zero-order chi connectivity index (χ0) is 10.2. The van der Waals surface area contributed by atoms with Gasteiger partial charge in [0.05, 0.1) is 11.5 Å². The molecule has 13 heavy (non-hydrogen) atoms. The van der Waals surface area contributed by atoms with Gasteiger partial charge in [-0.3, -0.25) is 0 Å². The molecule has 78 valence electrons. The Labute approximate surface area is 80.4 Å². The summed E-state index contributed by atoms with van der Waals surface area (Å²) >= 11 is 0. The van der Waals surface area contributed by atoms with E-state index in [-0.39, 0.29) is 12.1 Å². The van der Waals surface area contributed by atoms with Gasteiger partial charge in [-0.15, -0.1) is 0 Å². The van der Waals surface area contributed by atoms with Gasteiger partial charge in [0, 0.05) is 12.1 Å². The fraction of sp³-hybridized carbons (Fsp3) is 1.00. The smallest absolute Gasteiger partial charge is 0.153 e. The average molecular weight is 206 g/mol. The average Bonchev–Trinajstić information content (AvgIpc) is 2.26. The van der Waals surface area contributed by atoms with Gasteiger partial charge >= 0.3 is 0 Å². The summed E-state index contributed by atoms with van der Waals surface area (Å²) in [7, 11) is 4.91. The van der Waals surface area contributed by atoms with Crippen LogP contribution >= 0.6 is 0 Å². The second-order valence-corrected chi connectivity index (χ2v) is 6.29. The lowest BCUT2D eigenvalue weighted by molar-refractivity contribution is 0.191. The number of sulfone groups is 1. The fourth-order valence-corrected chi connectivity index (χ4v) is 4.01. The molecule has 1 saturated heterocycles. The predicted molar refractivity (Wildman–Crippen MR) is 53.6 cm³/mol. The van der Waals surface area contributed by atoms with Crippen LogP contribution in [-0.4, -0.2) is 70.0 Å². The molecule has 0 aromatic carbocycles. The summed E-state index contributed by atoms with van der Waals surface area (Å²) in [4.78, 5) is 3.99. The first kappa shape index (κ1) is 10.9. The van der Waals surface area contributed by atoms with Gasteiger partial charge in [-0.25, -0.2) is 8.42 Å². The molecule has 0 aromatic rings. The SMILES string of the molecule is CN(C)C1CS(=O)(=O)CC1N(C)C. The van der Waals surface area contributed by atoms with Gasteiger partial charge in [-0.2, -0.15) is 0 Å². The van der Waals surface area contributed by atoms with Crippen molar-refractivity contribution in [2.75, 3.05) is 39.7 Å². The summed E-state index contributed by atoms with van der Waals surface area (Å²) in [6.07, 6.45) is 0. The van der Waals surface area contributed by atoms with Gasteiger partial charge in [0.25, 0.3) is 0 Å². The summed E-state index contributed by atoms with van der Waals surface area (Å²) < 4.78 is 22.8. The maximum absolute atomic E-state index is 11.4. The Morgan fingerprint density at radius 3 is 1.46 bits per heavy atom. The molecule has 0 bridgehead atoms. The van der Waals surface area contributed by atoms with Crippen molar-refractivity contribution in [3.8, 4) is 0 Å². The molecular weight excluding hydrogens is 188 g/mol. The quantitative estimate of drug-likeness (QED) is 0.597. The van der Waals surface area contributed by atoms with Crippen LogP contribution in [0, 0.1) is 0 Å². The molecule has 0 aromatic heterocycles. The second kappa shape index (κ2) is 3.55. The maximum Gasteiger partial charge on any atom is 0.153 e. The highest BCUT2D eigenvalue weighted by Gasteiger charge is 2.39. The molecular formula is C8H18N2O2S. The molecule has 0 amide bonds. The van der Waals surface area contributed by atoms with Crippen molar-refractivity contribution in [2.24, 2.45) is 0 Å². The molecule has 0 saturated carbocycles. The van der Waals surface area contributed by atoms with E-state index in [9.17, 15) is 8.42 Å². The molecule has 2 unspecified atom stereocenters. The van der Waals surface area contributed by atoms with Gasteiger partial charge in [0.1, 0.15) is 0 Å². The Bertz CT molecular complexity index is 250. The first-order chi connectivity index (χ1) is 5.83. The molecule has 1 heterocycles. The summed E-state index contributed by atoms with van der Waals surface area (Å²) in [6.45, 7) is 0. The Balaban J connectivity index is 2.84. The minimum atomic E-state index is -2.82. The van der Waals surface area contributed by atoms with Gasteiger partial charge in [0.15, 0.2) is 9.84 Å². The van der Waals surface area contributed by atoms with E-state index in [1.165, 1.54) is 0 Å². The van der Waals surface area contributed by atoms with Crippen LogP contribution in [0.15, 0.2) is 0 Å². The van der Waals surface area contributed by atoms with E-state index >= 15 is 0 Å². The topological polar surface area (TPSA) is 40.6 Å². The highest BCUT2D eigenvalue weighted by molar-refractivity contribution is 7.91. The van der Waals surface area contributed by atoms with E-state index in [4.69, 9.17) is 0 Å². The molecule has 0 aliphatic carbocycles. The van der Waals surface area contributed by atoms with E-state index in [1.807, 2.05) is 38.0 Å². The van der Waals surface area contributed by atoms with Gasteiger partial charge in [-0.1, -0.05) is 0 Å². The Kier molecular flexibility index (Phi) is 2.99. The van der Waals surface area contributed by atoms with Crippen molar-refractivity contribution in [1.82, 2.24) is 9.80 Å². The minimum Gasteiger partial charge on any atom is -0.304 e. The van der Waals surface area contributed by atoms with Crippen molar-refractivity contribution < 1.29 is 8.42 Å². The van der Waals surface area contributed by atoms with Crippen LogP contribution < -0.4 is 0 Å². The molecule has 1 rings (SSSR count). The van der Waals surface area contributed by atoms with Crippen LogP contribution in [-0.2, 0) is 9.84 Å². The third kappa shape index (κ3) is 2.42. The molecule has 1 aliphatic heterocycles. The lowest BCUT2D eigenvalue weighted by atomic mass is 10.1. The van der Waals surface area contributed by atoms with Gasteiger partial charge in [0.2, 0.25) is 0 Å². The van der Waals surface area contributed by atoms with Crippen molar-refractivity contribution in [1.29, 1.82) is 0 Å². The zero-order valence-corrected chi connectivity index (χ0v) is 9.50. The Morgan fingerprint density at radius 1 is 0.923 bits per heavy atom. The highest BCUT2D eigenvalue weighted by atomic mass is 32.2. The van der Waals surface area contributed by atoms with Crippen molar-refractivity contribution in [2.45, 2.75) is 12.1 Å². The monoisotopic (exact) mass is 206 g/mol. The molecule has 0 radical (unpaired) electrons. The predicted octanol–water partition coefficient (Wildman–Crippen LogP) is -0.725. The normalized spacial score (nSPS) is 33.1. The molecule has 0 N–H and O–H groups in total. The maximum atomic E-state index is 11.4. The van der Waals surface area contributed by atoms with Crippen LogP contribution in [0.25, 0.3) is 0 Å². The van der Waals surface area contributed by atoms with Crippen LogP contribution in [0.5, 0.6) is 0 Å². The first-order valence-corrected chi connectivity index (χ1v) is 6.19. The van der Waals surface area contributed by atoms with E-state index in [0.29, 0.717) is 11.5 Å². The molecule has 2 atom stereocenters. The first-order valence-electron chi connectivity index (χ1n) is 4.37. The Hall–Kier alpha value is -0.130. The van der Waals surface area contributed by atoms with E-state index < -0.39 is 9.84 Å². The standard InChI is InChI=1S/C8H18N2O2S/c1-9(2)7-5-13(11,12)6-8(7)10(3)4/h7-8H,5-6H2,1-4H3.